The van der Waals surface area contributed by atoms with Crippen molar-refractivity contribution in [2.45, 2.75) is 52.9 Å². The van der Waals surface area contributed by atoms with E-state index in [1.807, 2.05) is 25.1 Å². The molecule has 0 aliphatic heterocycles. The summed E-state index contributed by atoms with van der Waals surface area (Å²) in [6.45, 7) is 6.16. The van der Waals surface area contributed by atoms with Gasteiger partial charge in [-0.25, -0.2) is 4.39 Å². The van der Waals surface area contributed by atoms with Crippen molar-refractivity contribution >= 4 is 0 Å². The zero-order valence-corrected chi connectivity index (χ0v) is 19.8. The standard InChI is InChI=1S/C32H31F/c1-23-4-7-28(8-5-23)21-29-14-11-26(12-15-29)10-13-27-16-18-31(25(3)20-27)19-17-30-9-6-24(2)32(33)22-30/h6,9,11-12,14-16,18,20,22-23,28H,4-5,7-8,21H2,1-3H3. The number of aryl methyl sites for hydroxylation is 2. The van der Waals surface area contributed by atoms with E-state index in [0.29, 0.717) is 11.1 Å². The average molecular weight is 435 g/mol. The van der Waals surface area contributed by atoms with Gasteiger partial charge < -0.3 is 0 Å². The van der Waals surface area contributed by atoms with Crippen LogP contribution in [-0.2, 0) is 6.42 Å². The van der Waals surface area contributed by atoms with Crippen molar-refractivity contribution in [1.29, 1.82) is 0 Å². The predicted molar refractivity (Wildman–Crippen MR) is 136 cm³/mol. The number of hydrogen-bond acceptors (Lipinski definition) is 0. The van der Waals surface area contributed by atoms with Gasteiger partial charge in [0.05, 0.1) is 0 Å². The Morgan fingerprint density at radius 1 is 0.697 bits per heavy atom. The molecule has 3 aromatic carbocycles. The Labute approximate surface area is 198 Å². The first-order valence-electron chi connectivity index (χ1n) is 12.0. The summed E-state index contributed by atoms with van der Waals surface area (Å²) in [6, 6.07) is 19.9. The first-order chi connectivity index (χ1) is 16.0. The maximum Gasteiger partial charge on any atom is 0.127 e. The summed E-state index contributed by atoms with van der Waals surface area (Å²) in [7, 11) is 0. The molecule has 4 rings (SSSR count). The Morgan fingerprint density at radius 2 is 1.30 bits per heavy atom. The Balaban J connectivity index is 1.40. The fourth-order valence-electron chi connectivity index (χ4n) is 4.43. The number of hydrogen-bond donors (Lipinski definition) is 0. The molecular formula is C32H31F. The van der Waals surface area contributed by atoms with Crippen molar-refractivity contribution in [3.05, 3.63) is 105 Å². The van der Waals surface area contributed by atoms with Gasteiger partial charge in [-0.1, -0.05) is 61.6 Å². The van der Waals surface area contributed by atoms with E-state index >= 15 is 0 Å². The molecule has 0 saturated heterocycles. The normalized spacial score (nSPS) is 17.5. The number of rotatable bonds is 2. The van der Waals surface area contributed by atoms with Crippen LogP contribution in [0.3, 0.4) is 0 Å². The Morgan fingerprint density at radius 3 is 2.00 bits per heavy atom. The Kier molecular flexibility index (Phi) is 7.32. The molecule has 1 heteroatoms. The summed E-state index contributed by atoms with van der Waals surface area (Å²) in [6.07, 6.45) is 6.68. The monoisotopic (exact) mass is 434 g/mol. The van der Waals surface area contributed by atoms with Crippen LogP contribution in [0.15, 0.2) is 60.7 Å². The second-order valence-corrected chi connectivity index (χ2v) is 9.52. The van der Waals surface area contributed by atoms with E-state index in [0.717, 1.165) is 34.1 Å². The van der Waals surface area contributed by atoms with Crippen molar-refractivity contribution in [1.82, 2.24) is 0 Å². The largest absolute Gasteiger partial charge is 0.207 e. The average Bonchev–Trinajstić information content (AvgIpc) is 2.82. The molecule has 0 N–H and O–H groups in total. The fourth-order valence-corrected chi connectivity index (χ4v) is 4.43. The lowest BCUT2D eigenvalue weighted by molar-refractivity contribution is 0.289. The van der Waals surface area contributed by atoms with Crippen LogP contribution < -0.4 is 0 Å². The molecule has 0 spiro atoms. The summed E-state index contributed by atoms with van der Waals surface area (Å²) < 4.78 is 13.7. The summed E-state index contributed by atoms with van der Waals surface area (Å²) >= 11 is 0. The highest BCUT2D eigenvalue weighted by molar-refractivity contribution is 5.51. The summed E-state index contributed by atoms with van der Waals surface area (Å²) in [5.74, 6) is 14.3. The molecule has 1 fully saturated rings. The highest BCUT2D eigenvalue weighted by atomic mass is 19.1. The lowest BCUT2D eigenvalue weighted by atomic mass is 9.80. The maximum absolute atomic E-state index is 13.7. The van der Waals surface area contributed by atoms with Crippen LogP contribution in [0.4, 0.5) is 4.39 Å². The molecule has 33 heavy (non-hydrogen) atoms. The summed E-state index contributed by atoms with van der Waals surface area (Å²) in [5, 5.41) is 0. The molecule has 0 bridgehead atoms. The predicted octanol–water partition coefficient (Wildman–Crippen LogP) is 7.61. The van der Waals surface area contributed by atoms with E-state index in [2.05, 4.69) is 60.9 Å². The quantitative estimate of drug-likeness (QED) is 0.364. The van der Waals surface area contributed by atoms with Crippen molar-refractivity contribution in [3.8, 4) is 23.7 Å². The van der Waals surface area contributed by atoms with Gasteiger partial charge >= 0.3 is 0 Å². The first-order valence-corrected chi connectivity index (χ1v) is 12.0. The van der Waals surface area contributed by atoms with E-state index in [1.54, 1.807) is 13.0 Å². The lowest BCUT2D eigenvalue weighted by Gasteiger charge is -2.26. The van der Waals surface area contributed by atoms with Gasteiger partial charge in [0.15, 0.2) is 0 Å². The van der Waals surface area contributed by atoms with Crippen LogP contribution in [0.25, 0.3) is 0 Å². The second kappa shape index (κ2) is 10.6. The highest BCUT2D eigenvalue weighted by Crippen LogP contribution is 2.30. The summed E-state index contributed by atoms with van der Waals surface area (Å²) in [5.41, 5.74) is 6.75. The molecule has 0 atom stereocenters. The SMILES string of the molecule is Cc1ccc(C#Cc2ccc(C#Cc3ccc(CC4CCC(C)CC4)cc3)cc2C)cc1F. The van der Waals surface area contributed by atoms with Crippen LogP contribution in [0.5, 0.6) is 0 Å². The van der Waals surface area contributed by atoms with Gasteiger partial charge in [-0.05, 0) is 104 Å². The van der Waals surface area contributed by atoms with Crippen molar-refractivity contribution < 1.29 is 4.39 Å². The maximum atomic E-state index is 13.7. The molecule has 1 aliphatic rings. The van der Waals surface area contributed by atoms with Gasteiger partial charge in [0.2, 0.25) is 0 Å². The molecule has 0 heterocycles. The van der Waals surface area contributed by atoms with Gasteiger partial charge in [0.1, 0.15) is 5.82 Å². The van der Waals surface area contributed by atoms with Crippen molar-refractivity contribution in [3.63, 3.8) is 0 Å². The van der Waals surface area contributed by atoms with E-state index in [4.69, 9.17) is 0 Å². The van der Waals surface area contributed by atoms with Gasteiger partial charge in [-0.2, -0.15) is 0 Å². The molecule has 0 nitrogen and oxygen atoms in total. The van der Waals surface area contributed by atoms with E-state index in [9.17, 15) is 4.39 Å². The lowest BCUT2D eigenvalue weighted by Crippen LogP contribution is -2.14. The van der Waals surface area contributed by atoms with Crippen molar-refractivity contribution in [2.24, 2.45) is 11.8 Å². The van der Waals surface area contributed by atoms with E-state index < -0.39 is 0 Å². The van der Waals surface area contributed by atoms with Crippen LogP contribution in [0.1, 0.15) is 71.6 Å². The zero-order valence-electron chi connectivity index (χ0n) is 19.8. The Bertz CT molecular complexity index is 1230. The van der Waals surface area contributed by atoms with Gasteiger partial charge in [-0.15, -0.1) is 0 Å². The molecule has 1 aliphatic carbocycles. The third-order valence-corrected chi connectivity index (χ3v) is 6.70. The van der Waals surface area contributed by atoms with Crippen LogP contribution >= 0.6 is 0 Å². The summed E-state index contributed by atoms with van der Waals surface area (Å²) in [4.78, 5) is 0. The minimum Gasteiger partial charge on any atom is -0.207 e. The van der Waals surface area contributed by atoms with Gasteiger partial charge in [-0.3, -0.25) is 0 Å². The van der Waals surface area contributed by atoms with Crippen LogP contribution in [0.2, 0.25) is 0 Å². The number of halogens is 1. The topological polar surface area (TPSA) is 0 Å². The van der Waals surface area contributed by atoms with Crippen LogP contribution in [-0.4, -0.2) is 0 Å². The molecule has 1 saturated carbocycles. The zero-order chi connectivity index (χ0) is 23.2. The highest BCUT2D eigenvalue weighted by Gasteiger charge is 2.18. The third-order valence-electron chi connectivity index (χ3n) is 6.70. The molecule has 3 aromatic rings. The molecular weight excluding hydrogens is 403 g/mol. The fraction of sp³-hybridized carbons (Fsp3) is 0.312. The smallest absolute Gasteiger partial charge is 0.127 e. The molecule has 0 amide bonds. The minimum atomic E-state index is -0.221. The van der Waals surface area contributed by atoms with Gasteiger partial charge in [0.25, 0.3) is 0 Å². The van der Waals surface area contributed by atoms with Crippen LogP contribution in [0, 0.1) is 55.2 Å². The first kappa shape index (κ1) is 22.9. The number of benzene rings is 3. The van der Waals surface area contributed by atoms with Crippen molar-refractivity contribution in [2.75, 3.05) is 0 Å². The van der Waals surface area contributed by atoms with E-state index in [1.165, 1.54) is 43.7 Å². The third kappa shape index (κ3) is 6.37. The molecule has 0 radical (unpaired) electrons. The minimum absolute atomic E-state index is 0.221. The van der Waals surface area contributed by atoms with Gasteiger partial charge in [0, 0.05) is 22.3 Å². The molecule has 166 valence electrons. The molecule has 0 aromatic heterocycles. The molecule has 0 unspecified atom stereocenters. The van der Waals surface area contributed by atoms with E-state index in [-0.39, 0.29) is 5.82 Å². The second-order valence-electron chi connectivity index (χ2n) is 9.52. The Hall–Kier alpha value is -3.29.